The van der Waals surface area contributed by atoms with Crippen molar-refractivity contribution in [2.75, 3.05) is 5.32 Å². The minimum absolute atomic E-state index is 0.611. The smallest absolute Gasteiger partial charge is 0.206 e. The lowest BCUT2D eigenvalue weighted by Crippen LogP contribution is -1.98. The topological polar surface area (TPSA) is 68.8 Å². The van der Waals surface area contributed by atoms with Gasteiger partial charge in [-0.2, -0.15) is 5.10 Å². The highest BCUT2D eigenvalue weighted by molar-refractivity contribution is 8.00. The first kappa shape index (κ1) is 17.8. The summed E-state index contributed by atoms with van der Waals surface area (Å²) < 4.78 is 8.21. The SMILES string of the molecule is Cc1cc(C)n(-c2ccc(CSc3nnc(NCc4ccco4)s3)cc2)n1. The average Bonchev–Trinajstić information content (AvgIpc) is 3.40. The molecule has 0 aliphatic carbocycles. The zero-order valence-corrected chi connectivity index (χ0v) is 16.7. The summed E-state index contributed by atoms with van der Waals surface area (Å²) >= 11 is 3.24. The van der Waals surface area contributed by atoms with Crippen LogP contribution in [0.4, 0.5) is 5.13 Å². The van der Waals surface area contributed by atoms with Crippen LogP contribution in [0.15, 0.2) is 57.5 Å². The molecule has 0 amide bonds. The number of anilines is 1. The monoisotopic (exact) mass is 397 g/mol. The Morgan fingerprint density at radius 2 is 2.00 bits per heavy atom. The van der Waals surface area contributed by atoms with Gasteiger partial charge in [-0.15, -0.1) is 10.2 Å². The number of benzene rings is 1. The average molecular weight is 398 g/mol. The Hall–Kier alpha value is -2.58. The van der Waals surface area contributed by atoms with Crippen molar-refractivity contribution in [2.24, 2.45) is 0 Å². The molecule has 3 aromatic heterocycles. The van der Waals surface area contributed by atoms with E-state index < -0.39 is 0 Å². The molecule has 138 valence electrons. The fourth-order valence-corrected chi connectivity index (χ4v) is 4.39. The van der Waals surface area contributed by atoms with Gasteiger partial charge in [0.25, 0.3) is 0 Å². The van der Waals surface area contributed by atoms with E-state index in [1.807, 2.05) is 23.7 Å². The zero-order valence-electron chi connectivity index (χ0n) is 15.0. The number of aryl methyl sites for hydroxylation is 2. The maximum atomic E-state index is 5.30. The van der Waals surface area contributed by atoms with Gasteiger partial charge in [-0.05, 0) is 49.7 Å². The highest BCUT2D eigenvalue weighted by Gasteiger charge is 2.07. The molecule has 0 bridgehead atoms. The number of thioether (sulfide) groups is 1. The van der Waals surface area contributed by atoms with E-state index in [-0.39, 0.29) is 0 Å². The van der Waals surface area contributed by atoms with Gasteiger partial charge in [-0.1, -0.05) is 35.2 Å². The summed E-state index contributed by atoms with van der Waals surface area (Å²) in [5.41, 5.74) is 4.48. The Morgan fingerprint density at radius 3 is 2.70 bits per heavy atom. The number of hydrogen-bond donors (Lipinski definition) is 1. The van der Waals surface area contributed by atoms with Gasteiger partial charge >= 0.3 is 0 Å². The molecule has 4 rings (SSSR count). The van der Waals surface area contributed by atoms with E-state index in [0.29, 0.717) is 6.54 Å². The number of furan rings is 1. The van der Waals surface area contributed by atoms with E-state index in [2.05, 4.69) is 57.9 Å². The summed E-state index contributed by atoms with van der Waals surface area (Å²) in [6, 6.07) is 14.4. The number of nitrogens with one attached hydrogen (secondary N) is 1. The van der Waals surface area contributed by atoms with E-state index in [1.54, 1.807) is 29.4 Å². The van der Waals surface area contributed by atoms with Crippen LogP contribution in [0.3, 0.4) is 0 Å². The van der Waals surface area contributed by atoms with Gasteiger partial charge in [0.15, 0.2) is 4.34 Å². The highest BCUT2D eigenvalue weighted by atomic mass is 32.2. The van der Waals surface area contributed by atoms with E-state index in [9.17, 15) is 0 Å². The number of rotatable bonds is 7. The largest absolute Gasteiger partial charge is 0.467 e. The lowest BCUT2D eigenvalue weighted by Gasteiger charge is -2.05. The predicted octanol–water partition coefficient (Wildman–Crippen LogP) is 4.84. The van der Waals surface area contributed by atoms with E-state index in [0.717, 1.165) is 38.1 Å². The standard InChI is InChI=1S/C19H19N5OS2/c1-13-10-14(2)24(23-13)16-7-5-15(6-8-16)12-26-19-22-21-18(27-19)20-11-17-4-3-9-25-17/h3-10H,11-12H2,1-2H3,(H,20,21). The normalized spacial score (nSPS) is 11.0. The van der Waals surface area contributed by atoms with Crippen LogP contribution in [0.25, 0.3) is 5.69 Å². The summed E-state index contributed by atoms with van der Waals surface area (Å²) in [7, 11) is 0. The molecule has 0 unspecified atom stereocenters. The van der Waals surface area contributed by atoms with Crippen LogP contribution in [0.5, 0.6) is 0 Å². The van der Waals surface area contributed by atoms with Crippen LogP contribution >= 0.6 is 23.1 Å². The maximum absolute atomic E-state index is 5.30. The summed E-state index contributed by atoms with van der Waals surface area (Å²) in [5.74, 6) is 1.73. The second-order valence-electron chi connectivity index (χ2n) is 6.10. The van der Waals surface area contributed by atoms with Crippen LogP contribution < -0.4 is 5.32 Å². The van der Waals surface area contributed by atoms with Gasteiger partial charge < -0.3 is 9.73 Å². The third-order valence-corrected chi connectivity index (χ3v) is 6.04. The summed E-state index contributed by atoms with van der Waals surface area (Å²) in [4.78, 5) is 0. The molecule has 0 spiro atoms. The van der Waals surface area contributed by atoms with Crippen molar-refractivity contribution in [3.63, 3.8) is 0 Å². The van der Waals surface area contributed by atoms with Crippen molar-refractivity contribution in [2.45, 2.75) is 30.5 Å². The first-order valence-electron chi connectivity index (χ1n) is 8.52. The lowest BCUT2D eigenvalue weighted by molar-refractivity contribution is 0.518. The minimum atomic E-state index is 0.611. The Kier molecular flexibility index (Phi) is 5.26. The fraction of sp³-hybridized carbons (Fsp3) is 0.211. The predicted molar refractivity (Wildman–Crippen MR) is 109 cm³/mol. The van der Waals surface area contributed by atoms with Crippen molar-refractivity contribution in [1.29, 1.82) is 0 Å². The lowest BCUT2D eigenvalue weighted by atomic mass is 10.2. The van der Waals surface area contributed by atoms with Gasteiger partial charge in [0.1, 0.15) is 5.76 Å². The van der Waals surface area contributed by atoms with Crippen molar-refractivity contribution >= 4 is 28.2 Å². The molecule has 0 saturated heterocycles. The van der Waals surface area contributed by atoms with Crippen molar-refractivity contribution in [1.82, 2.24) is 20.0 Å². The number of aromatic nitrogens is 4. The molecular weight excluding hydrogens is 378 g/mol. The third-order valence-electron chi connectivity index (χ3n) is 3.95. The molecule has 0 aliphatic heterocycles. The van der Waals surface area contributed by atoms with Crippen LogP contribution in [-0.4, -0.2) is 20.0 Å². The van der Waals surface area contributed by atoms with Gasteiger partial charge in [0.2, 0.25) is 5.13 Å². The van der Waals surface area contributed by atoms with Crippen LogP contribution in [-0.2, 0) is 12.3 Å². The van der Waals surface area contributed by atoms with Gasteiger partial charge in [0, 0.05) is 11.4 Å². The Balaban J connectivity index is 1.33. The highest BCUT2D eigenvalue weighted by Crippen LogP contribution is 2.28. The van der Waals surface area contributed by atoms with Crippen LogP contribution in [0.2, 0.25) is 0 Å². The van der Waals surface area contributed by atoms with Crippen LogP contribution in [0.1, 0.15) is 22.7 Å². The van der Waals surface area contributed by atoms with Gasteiger partial charge in [-0.25, -0.2) is 4.68 Å². The fourth-order valence-electron chi connectivity index (χ4n) is 2.68. The second-order valence-corrected chi connectivity index (χ2v) is 8.30. The first-order valence-corrected chi connectivity index (χ1v) is 10.3. The second kappa shape index (κ2) is 7.98. The summed E-state index contributed by atoms with van der Waals surface area (Å²) in [6.07, 6.45) is 1.67. The van der Waals surface area contributed by atoms with Gasteiger partial charge in [0.05, 0.1) is 24.2 Å². The first-order chi connectivity index (χ1) is 13.2. The minimum Gasteiger partial charge on any atom is -0.467 e. The molecule has 1 N–H and O–H groups in total. The third kappa shape index (κ3) is 4.40. The maximum Gasteiger partial charge on any atom is 0.206 e. The van der Waals surface area contributed by atoms with E-state index in [1.165, 1.54) is 5.56 Å². The van der Waals surface area contributed by atoms with Crippen LogP contribution in [0, 0.1) is 13.8 Å². The quantitative estimate of drug-likeness (QED) is 0.450. The molecule has 0 atom stereocenters. The Bertz CT molecular complexity index is 1010. The summed E-state index contributed by atoms with van der Waals surface area (Å²) in [6.45, 7) is 4.69. The molecule has 1 aromatic carbocycles. The number of hydrogen-bond acceptors (Lipinski definition) is 7. The molecule has 0 fully saturated rings. The van der Waals surface area contributed by atoms with Gasteiger partial charge in [-0.3, -0.25) is 0 Å². The molecule has 0 radical (unpaired) electrons. The molecule has 3 heterocycles. The van der Waals surface area contributed by atoms with E-state index >= 15 is 0 Å². The molecule has 8 heteroatoms. The molecule has 27 heavy (non-hydrogen) atoms. The molecule has 6 nitrogen and oxygen atoms in total. The van der Waals surface area contributed by atoms with E-state index in [4.69, 9.17) is 4.42 Å². The van der Waals surface area contributed by atoms with Crippen molar-refractivity contribution < 1.29 is 4.42 Å². The van der Waals surface area contributed by atoms with Crippen molar-refractivity contribution in [3.8, 4) is 5.69 Å². The summed E-state index contributed by atoms with van der Waals surface area (Å²) in [5, 5.41) is 17.0. The molecule has 4 aromatic rings. The molecular formula is C19H19N5OS2. The molecule has 0 aliphatic rings. The Morgan fingerprint density at radius 1 is 1.15 bits per heavy atom. The molecule has 0 saturated carbocycles. The zero-order chi connectivity index (χ0) is 18.6. The van der Waals surface area contributed by atoms with Crippen molar-refractivity contribution in [3.05, 3.63) is 71.4 Å². The number of nitrogens with zero attached hydrogens (tertiary/aromatic N) is 4. The Labute approximate surface area is 165 Å².